The molecule has 1 aromatic heterocycles. The van der Waals surface area contributed by atoms with Gasteiger partial charge < -0.3 is 10.2 Å². The van der Waals surface area contributed by atoms with Crippen LogP contribution in [0.15, 0.2) is 36.7 Å². The first-order valence-corrected chi connectivity index (χ1v) is 7.45. The molecule has 0 spiro atoms. The Morgan fingerprint density at radius 2 is 1.76 bits per heavy atom. The fourth-order valence-electron chi connectivity index (χ4n) is 2.08. The molecule has 112 valence electrons. The second-order valence-corrected chi connectivity index (χ2v) is 5.58. The lowest BCUT2D eigenvalue weighted by Crippen LogP contribution is -2.21. The molecule has 2 rings (SSSR count). The van der Waals surface area contributed by atoms with E-state index in [-0.39, 0.29) is 6.04 Å². The molecule has 0 aliphatic rings. The molecule has 2 aromatic rings. The minimum absolute atomic E-state index is 0.277. The molecule has 5 heteroatoms. The van der Waals surface area contributed by atoms with Gasteiger partial charge in [-0.25, -0.2) is 9.97 Å². The van der Waals surface area contributed by atoms with Gasteiger partial charge in [-0.2, -0.15) is 0 Å². The number of anilines is 1. The molecular weight excluding hydrogens is 284 g/mol. The summed E-state index contributed by atoms with van der Waals surface area (Å²) in [4.78, 5) is 10.7. The van der Waals surface area contributed by atoms with E-state index in [4.69, 9.17) is 11.6 Å². The minimum Gasteiger partial charge on any atom is -0.375 e. The van der Waals surface area contributed by atoms with E-state index >= 15 is 0 Å². The summed E-state index contributed by atoms with van der Waals surface area (Å²) in [6.07, 6.45) is 4.68. The van der Waals surface area contributed by atoms with Gasteiger partial charge in [-0.15, -0.1) is 0 Å². The van der Waals surface area contributed by atoms with Gasteiger partial charge in [-0.3, -0.25) is 0 Å². The quantitative estimate of drug-likeness (QED) is 0.887. The zero-order valence-corrected chi connectivity index (χ0v) is 13.4. The third-order valence-corrected chi connectivity index (χ3v) is 3.65. The Balaban J connectivity index is 1.98. The fourth-order valence-corrected chi connectivity index (χ4v) is 2.20. The lowest BCUT2D eigenvalue weighted by molar-refractivity contribution is 0.508. The van der Waals surface area contributed by atoms with E-state index in [9.17, 15) is 0 Å². The maximum atomic E-state index is 5.93. The topological polar surface area (TPSA) is 41.1 Å². The van der Waals surface area contributed by atoms with Gasteiger partial charge in [0.25, 0.3) is 0 Å². The van der Waals surface area contributed by atoms with Gasteiger partial charge in [0.15, 0.2) is 0 Å². The van der Waals surface area contributed by atoms with Crippen molar-refractivity contribution in [2.24, 2.45) is 0 Å². The lowest BCUT2D eigenvalue weighted by atomic mass is 10.0. The van der Waals surface area contributed by atoms with E-state index in [1.54, 1.807) is 0 Å². The van der Waals surface area contributed by atoms with Crippen molar-refractivity contribution in [3.8, 4) is 0 Å². The van der Waals surface area contributed by atoms with Crippen LogP contribution >= 0.6 is 11.6 Å². The molecule has 0 saturated carbocycles. The first-order chi connectivity index (χ1) is 10.1. The molecule has 1 heterocycles. The zero-order valence-electron chi connectivity index (χ0n) is 12.7. The second kappa shape index (κ2) is 7.38. The average molecular weight is 305 g/mol. The van der Waals surface area contributed by atoms with Crippen molar-refractivity contribution in [1.82, 2.24) is 15.3 Å². The Kier molecular flexibility index (Phi) is 5.53. The van der Waals surface area contributed by atoms with Crippen molar-refractivity contribution < 1.29 is 0 Å². The highest BCUT2D eigenvalue weighted by Crippen LogP contribution is 2.19. The van der Waals surface area contributed by atoms with Gasteiger partial charge >= 0.3 is 0 Å². The van der Waals surface area contributed by atoms with Crippen LogP contribution in [0.2, 0.25) is 5.02 Å². The predicted molar refractivity (Wildman–Crippen MR) is 87.7 cm³/mol. The van der Waals surface area contributed by atoms with Crippen molar-refractivity contribution in [3.63, 3.8) is 0 Å². The van der Waals surface area contributed by atoms with Crippen molar-refractivity contribution in [3.05, 3.63) is 53.1 Å². The van der Waals surface area contributed by atoms with Gasteiger partial charge in [0, 0.05) is 25.2 Å². The number of rotatable bonds is 6. The van der Waals surface area contributed by atoms with Crippen LogP contribution < -0.4 is 10.2 Å². The molecule has 0 amide bonds. The number of nitrogens with zero attached hydrogens (tertiary/aromatic N) is 3. The summed E-state index contributed by atoms with van der Waals surface area (Å²) >= 11 is 5.93. The average Bonchev–Trinajstić information content (AvgIpc) is 2.50. The fraction of sp³-hybridized carbons (Fsp3) is 0.375. The Hall–Kier alpha value is -1.65. The number of nitrogens with one attached hydrogen (secondary N) is 1. The Bertz CT molecular complexity index is 551. The first kappa shape index (κ1) is 15.7. The van der Waals surface area contributed by atoms with E-state index in [2.05, 4.69) is 34.3 Å². The van der Waals surface area contributed by atoms with Crippen LogP contribution in [0.1, 0.15) is 30.8 Å². The summed E-state index contributed by atoms with van der Waals surface area (Å²) in [6.45, 7) is 2.80. The Morgan fingerprint density at radius 1 is 1.14 bits per heavy atom. The SMILES string of the molecule is CCC(NCc1ncc(N(C)C)cn1)c1ccc(Cl)cc1. The summed E-state index contributed by atoms with van der Waals surface area (Å²) in [5.41, 5.74) is 2.23. The van der Waals surface area contributed by atoms with Crippen LogP contribution in [0.3, 0.4) is 0 Å². The van der Waals surface area contributed by atoms with Crippen LogP contribution in [0.25, 0.3) is 0 Å². The minimum atomic E-state index is 0.277. The molecule has 0 aliphatic carbocycles. The normalized spacial score (nSPS) is 12.2. The van der Waals surface area contributed by atoms with Crippen LogP contribution in [-0.4, -0.2) is 24.1 Å². The Morgan fingerprint density at radius 3 is 2.29 bits per heavy atom. The van der Waals surface area contributed by atoms with Crippen LogP contribution in [0.4, 0.5) is 5.69 Å². The molecule has 0 bridgehead atoms. The number of hydrogen-bond acceptors (Lipinski definition) is 4. The van der Waals surface area contributed by atoms with Gasteiger partial charge in [-0.1, -0.05) is 30.7 Å². The molecule has 1 unspecified atom stereocenters. The van der Waals surface area contributed by atoms with Gasteiger partial charge in [0.2, 0.25) is 0 Å². The lowest BCUT2D eigenvalue weighted by Gasteiger charge is -2.17. The van der Waals surface area contributed by atoms with E-state index < -0.39 is 0 Å². The summed E-state index contributed by atoms with van der Waals surface area (Å²) in [5.74, 6) is 0.799. The van der Waals surface area contributed by atoms with Crippen LogP contribution in [0.5, 0.6) is 0 Å². The first-order valence-electron chi connectivity index (χ1n) is 7.07. The zero-order chi connectivity index (χ0) is 15.2. The molecule has 0 fully saturated rings. The summed E-state index contributed by atoms with van der Waals surface area (Å²) in [7, 11) is 3.95. The largest absolute Gasteiger partial charge is 0.375 e. The second-order valence-electron chi connectivity index (χ2n) is 5.15. The molecule has 1 atom stereocenters. The smallest absolute Gasteiger partial charge is 0.142 e. The van der Waals surface area contributed by atoms with Crippen molar-refractivity contribution in [2.45, 2.75) is 25.9 Å². The van der Waals surface area contributed by atoms with E-state index in [0.717, 1.165) is 23.0 Å². The molecule has 1 N–H and O–H groups in total. The molecule has 21 heavy (non-hydrogen) atoms. The van der Waals surface area contributed by atoms with Crippen molar-refractivity contribution in [1.29, 1.82) is 0 Å². The third-order valence-electron chi connectivity index (χ3n) is 3.40. The molecule has 1 aromatic carbocycles. The maximum Gasteiger partial charge on any atom is 0.142 e. The maximum absolute atomic E-state index is 5.93. The van der Waals surface area contributed by atoms with E-state index in [0.29, 0.717) is 6.54 Å². The number of hydrogen-bond donors (Lipinski definition) is 1. The Labute approximate surface area is 131 Å². The van der Waals surface area contributed by atoms with E-state index in [1.165, 1.54) is 5.56 Å². The highest BCUT2D eigenvalue weighted by atomic mass is 35.5. The van der Waals surface area contributed by atoms with Crippen molar-refractivity contribution >= 4 is 17.3 Å². The molecule has 0 aliphatic heterocycles. The highest BCUT2D eigenvalue weighted by Gasteiger charge is 2.09. The highest BCUT2D eigenvalue weighted by molar-refractivity contribution is 6.30. The van der Waals surface area contributed by atoms with Crippen LogP contribution in [0, 0.1) is 0 Å². The van der Waals surface area contributed by atoms with Gasteiger partial charge in [-0.05, 0) is 24.1 Å². The molecule has 0 saturated heterocycles. The monoisotopic (exact) mass is 304 g/mol. The third kappa shape index (κ3) is 4.41. The van der Waals surface area contributed by atoms with E-state index in [1.807, 2.05) is 43.5 Å². The number of benzene rings is 1. The summed E-state index contributed by atoms with van der Waals surface area (Å²) < 4.78 is 0. The summed E-state index contributed by atoms with van der Waals surface area (Å²) in [6, 6.07) is 8.23. The summed E-state index contributed by atoms with van der Waals surface area (Å²) in [5, 5.41) is 4.25. The molecule has 0 radical (unpaired) electrons. The number of halogens is 1. The molecule has 4 nitrogen and oxygen atoms in total. The van der Waals surface area contributed by atoms with Gasteiger partial charge in [0.05, 0.1) is 24.6 Å². The van der Waals surface area contributed by atoms with Crippen LogP contribution in [-0.2, 0) is 6.54 Å². The molecular formula is C16H21ClN4. The van der Waals surface area contributed by atoms with Gasteiger partial charge in [0.1, 0.15) is 5.82 Å². The van der Waals surface area contributed by atoms with Crippen molar-refractivity contribution in [2.75, 3.05) is 19.0 Å². The number of aromatic nitrogens is 2. The standard InChI is InChI=1S/C16H21ClN4/c1-4-15(12-5-7-13(17)8-6-12)18-11-16-19-9-14(10-20-16)21(2)3/h5-10,15,18H,4,11H2,1-3H3. The predicted octanol–water partition coefficient (Wildman–Crippen LogP) is 3.44.